The highest BCUT2D eigenvalue weighted by Gasteiger charge is 2.25. The van der Waals surface area contributed by atoms with E-state index < -0.39 is 0 Å². The molecule has 1 saturated heterocycles. The molecule has 0 unspecified atom stereocenters. The fraction of sp³-hybridized carbons (Fsp3) is 0.625. The minimum absolute atomic E-state index is 0.0823. The molecule has 3 amide bonds. The maximum absolute atomic E-state index is 11.3. The van der Waals surface area contributed by atoms with Gasteiger partial charge >= 0.3 is 0 Å². The number of amides is 3. The van der Waals surface area contributed by atoms with Gasteiger partial charge in [0.2, 0.25) is 17.7 Å². The van der Waals surface area contributed by atoms with Gasteiger partial charge in [-0.15, -0.1) is 0 Å². The highest BCUT2D eigenvalue weighted by Crippen LogP contribution is 2.08. The Hall–Kier alpha value is -1.39. The van der Waals surface area contributed by atoms with E-state index in [0.717, 1.165) is 6.42 Å². The predicted molar refractivity (Wildman–Crippen MR) is 44.6 cm³/mol. The minimum Gasteiger partial charge on any atom is -0.347 e. The standard InChI is InChI=1S/C8H12N2O3/c1-6(11)9-5-8(13)10-4-2-3-7(10)12/h2-5H2,1H3,(H,9,11). The monoisotopic (exact) mass is 184 g/mol. The Balaban J connectivity index is 2.39. The molecule has 0 aromatic carbocycles. The zero-order chi connectivity index (χ0) is 9.84. The van der Waals surface area contributed by atoms with Gasteiger partial charge in [0, 0.05) is 19.9 Å². The first kappa shape index (κ1) is 9.70. The fourth-order valence-electron chi connectivity index (χ4n) is 1.21. The lowest BCUT2D eigenvalue weighted by molar-refractivity contribution is -0.142. The van der Waals surface area contributed by atoms with E-state index >= 15 is 0 Å². The van der Waals surface area contributed by atoms with Crippen molar-refractivity contribution < 1.29 is 14.4 Å². The lowest BCUT2D eigenvalue weighted by atomic mass is 10.4. The van der Waals surface area contributed by atoms with Crippen molar-refractivity contribution in [2.75, 3.05) is 13.1 Å². The van der Waals surface area contributed by atoms with Crippen LogP contribution in [0.3, 0.4) is 0 Å². The molecular weight excluding hydrogens is 172 g/mol. The second-order valence-corrected chi connectivity index (χ2v) is 2.95. The molecule has 1 heterocycles. The van der Waals surface area contributed by atoms with Gasteiger partial charge in [0.05, 0.1) is 6.54 Å². The molecule has 0 aromatic heterocycles. The number of hydrogen-bond acceptors (Lipinski definition) is 3. The van der Waals surface area contributed by atoms with Crippen LogP contribution in [0.5, 0.6) is 0 Å². The zero-order valence-electron chi connectivity index (χ0n) is 7.50. The van der Waals surface area contributed by atoms with Gasteiger partial charge in [0.25, 0.3) is 0 Å². The van der Waals surface area contributed by atoms with Crippen LogP contribution in [0.25, 0.3) is 0 Å². The van der Waals surface area contributed by atoms with Crippen molar-refractivity contribution in [3.8, 4) is 0 Å². The molecule has 5 heteroatoms. The molecule has 0 saturated carbocycles. The first-order valence-electron chi connectivity index (χ1n) is 4.19. The van der Waals surface area contributed by atoms with Crippen molar-refractivity contribution in [2.24, 2.45) is 0 Å². The van der Waals surface area contributed by atoms with Gasteiger partial charge in [-0.2, -0.15) is 0 Å². The van der Waals surface area contributed by atoms with Crippen LogP contribution in [-0.2, 0) is 14.4 Å². The molecule has 0 aliphatic carbocycles. The quantitative estimate of drug-likeness (QED) is 0.615. The maximum atomic E-state index is 11.3. The summed E-state index contributed by atoms with van der Waals surface area (Å²) in [5.41, 5.74) is 0. The van der Waals surface area contributed by atoms with E-state index in [-0.39, 0.29) is 24.3 Å². The molecule has 0 aromatic rings. The van der Waals surface area contributed by atoms with E-state index in [1.807, 2.05) is 0 Å². The SMILES string of the molecule is CC(=O)NCC(=O)N1CCCC1=O. The summed E-state index contributed by atoms with van der Waals surface area (Å²) in [7, 11) is 0. The Morgan fingerprint density at radius 3 is 2.69 bits per heavy atom. The summed E-state index contributed by atoms with van der Waals surface area (Å²) >= 11 is 0. The van der Waals surface area contributed by atoms with Crippen LogP contribution in [0.2, 0.25) is 0 Å². The van der Waals surface area contributed by atoms with E-state index in [0.29, 0.717) is 13.0 Å². The minimum atomic E-state index is -0.322. The molecule has 0 bridgehead atoms. The van der Waals surface area contributed by atoms with Crippen molar-refractivity contribution in [3.05, 3.63) is 0 Å². The predicted octanol–water partition coefficient (Wildman–Crippen LogP) is -0.729. The molecular formula is C8H12N2O3. The van der Waals surface area contributed by atoms with Gasteiger partial charge in [0.1, 0.15) is 0 Å². The third kappa shape index (κ3) is 2.54. The van der Waals surface area contributed by atoms with Gasteiger partial charge in [-0.25, -0.2) is 0 Å². The second-order valence-electron chi connectivity index (χ2n) is 2.95. The number of nitrogens with one attached hydrogen (secondary N) is 1. The van der Waals surface area contributed by atoms with Crippen LogP contribution >= 0.6 is 0 Å². The lowest BCUT2D eigenvalue weighted by Crippen LogP contribution is -2.40. The highest BCUT2D eigenvalue weighted by atomic mass is 16.2. The van der Waals surface area contributed by atoms with Gasteiger partial charge in [0.15, 0.2) is 0 Å². The van der Waals surface area contributed by atoms with Crippen molar-refractivity contribution in [1.82, 2.24) is 10.2 Å². The second kappa shape index (κ2) is 4.02. The van der Waals surface area contributed by atoms with Gasteiger partial charge < -0.3 is 5.32 Å². The summed E-state index contributed by atoms with van der Waals surface area (Å²) in [6.07, 6.45) is 1.16. The molecule has 1 aliphatic rings. The summed E-state index contributed by atoms with van der Waals surface area (Å²) < 4.78 is 0. The normalized spacial score (nSPS) is 16.1. The average Bonchev–Trinajstić information content (AvgIpc) is 2.47. The number of imide groups is 1. The van der Waals surface area contributed by atoms with Crippen molar-refractivity contribution in [3.63, 3.8) is 0 Å². The van der Waals surface area contributed by atoms with Crippen LogP contribution in [0.4, 0.5) is 0 Å². The first-order valence-corrected chi connectivity index (χ1v) is 4.19. The van der Waals surface area contributed by atoms with Crippen molar-refractivity contribution >= 4 is 17.7 Å². The molecule has 0 spiro atoms. The summed E-state index contributed by atoms with van der Waals surface area (Å²) in [5.74, 6) is -0.729. The van der Waals surface area contributed by atoms with Gasteiger partial charge in [-0.1, -0.05) is 0 Å². The van der Waals surface area contributed by atoms with E-state index in [9.17, 15) is 14.4 Å². The highest BCUT2D eigenvalue weighted by molar-refractivity contribution is 5.98. The molecule has 0 radical (unpaired) electrons. The number of nitrogens with zero attached hydrogens (tertiary/aromatic N) is 1. The number of likely N-dealkylation sites (tertiary alicyclic amines) is 1. The molecule has 72 valence electrons. The molecule has 1 aliphatic heterocycles. The maximum Gasteiger partial charge on any atom is 0.248 e. The third-order valence-corrected chi connectivity index (χ3v) is 1.86. The van der Waals surface area contributed by atoms with Crippen LogP contribution < -0.4 is 5.32 Å². The summed E-state index contributed by atoms with van der Waals surface area (Å²) in [4.78, 5) is 34.0. The van der Waals surface area contributed by atoms with Crippen molar-refractivity contribution in [1.29, 1.82) is 0 Å². The lowest BCUT2D eigenvalue weighted by Gasteiger charge is -2.12. The van der Waals surface area contributed by atoms with Crippen LogP contribution in [0, 0.1) is 0 Å². The number of rotatable bonds is 2. The first-order chi connectivity index (χ1) is 6.11. The molecule has 13 heavy (non-hydrogen) atoms. The number of hydrogen-bond donors (Lipinski definition) is 1. The average molecular weight is 184 g/mol. The van der Waals surface area contributed by atoms with E-state index in [4.69, 9.17) is 0 Å². The van der Waals surface area contributed by atoms with E-state index in [1.165, 1.54) is 11.8 Å². The Morgan fingerprint density at radius 1 is 1.54 bits per heavy atom. The molecule has 5 nitrogen and oxygen atoms in total. The largest absolute Gasteiger partial charge is 0.347 e. The molecule has 1 fully saturated rings. The number of carbonyl (C=O) groups excluding carboxylic acids is 3. The van der Waals surface area contributed by atoms with E-state index in [1.54, 1.807) is 0 Å². The Kier molecular flexibility index (Phi) is 3.00. The van der Waals surface area contributed by atoms with E-state index in [2.05, 4.69) is 5.32 Å². The Morgan fingerprint density at radius 2 is 2.23 bits per heavy atom. The molecule has 0 atom stereocenters. The Labute approximate surface area is 76.1 Å². The topological polar surface area (TPSA) is 66.5 Å². The van der Waals surface area contributed by atoms with Crippen molar-refractivity contribution in [2.45, 2.75) is 19.8 Å². The Bertz CT molecular complexity index is 250. The summed E-state index contributed by atoms with van der Waals surface area (Å²) in [5, 5.41) is 2.36. The van der Waals surface area contributed by atoms with Gasteiger partial charge in [-0.05, 0) is 6.42 Å². The van der Waals surface area contributed by atoms with Crippen LogP contribution in [-0.4, -0.2) is 35.7 Å². The van der Waals surface area contributed by atoms with Gasteiger partial charge in [-0.3, -0.25) is 19.3 Å². The number of carbonyl (C=O) groups is 3. The van der Waals surface area contributed by atoms with Crippen LogP contribution in [0.1, 0.15) is 19.8 Å². The smallest absolute Gasteiger partial charge is 0.248 e. The summed E-state index contributed by atoms with van der Waals surface area (Å²) in [6.45, 7) is 1.73. The molecule has 1 N–H and O–H groups in total. The molecule has 1 rings (SSSR count). The fourth-order valence-corrected chi connectivity index (χ4v) is 1.21. The van der Waals surface area contributed by atoms with Crippen LogP contribution in [0.15, 0.2) is 0 Å². The third-order valence-electron chi connectivity index (χ3n) is 1.86. The summed E-state index contributed by atoms with van der Waals surface area (Å²) in [6, 6.07) is 0. The zero-order valence-corrected chi connectivity index (χ0v) is 7.50.